The fourth-order valence-electron chi connectivity index (χ4n) is 0.316. The van der Waals surface area contributed by atoms with Crippen LogP contribution in [0.15, 0.2) is 0 Å². The molecule has 0 aliphatic rings. The van der Waals surface area contributed by atoms with Gasteiger partial charge in [-0.15, -0.1) is 0 Å². The van der Waals surface area contributed by atoms with Gasteiger partial charge in [-0.2, -0.15) is 13.2 Å². The maximum Gasteiger partial charge on any atom is 0.445 e. The summed E-state index contributed by atoms with van der Waals surface area (Å²) in [6.45, 7) is -2.18. The first kappa shape index (κ1) is 11.6. The fraction of sp³-hybridized carbons (Fsp3) is 1.00. The molecule has 0 amide bonds. The molecule has 0 aliphatic heterocycles. The number of halogens is 5. The van der Waals surface area contributed by atoms with Crippen LogP contribution in [0.25, 0.3) is 0 Å². The van der Waals surface area contributed by atoms with Crippen molar-refractivity contribution in [3.05, 3.63) is 0 Å². The van der Waals surface area contributed by atoms with E-state index in [1.54, 1.807) is 0 Å². The Morgan fingerprint density at radius 2 is 1.83 bits per heavy atom. The highest BCUT2D eigenvalue weighted by molar-refractivity contribution is 4.51. The SMILES string of the molecule is FCCOCOC(F)C(F)(F)F. The van der Waals surface area contributed by atoms with Gasteiger partial charge in [0.25, 0.3) is 6.36 Å². The van der Waals surface area contributed by atoms with E-state index >= 15 is 0 Å². The van der Waals surface area contributed by atoms with Crippen LogP contribution < -0.4 is 0 Å². The van der Waals surface area contributed by atoms with Crippen LogP contribution in [-0.4, -0.2) is 32.6 Å². The molecule has 0 aromatic carbocycles. The molecule has 0 saturated carbocycles. The molecule has 74 valence electrons. The highest BCUT2D eigenvalue weighted by Gasteiger charge is 2.41. The second-order valence-electron chi connectivity index (χ2n) is 1.74. The number of alkyl halides is 5. The third kappa shape index (κ3) is 5.25. The van der Waals surface area contributed by atoms with Gasteiger partial charge in [0, 0.05) is 0 Å². The summed E-state index contributed by atoms with van der Waals surface area (Å²) in [5, 5.41) is 0. The Bertz CT molecular complexity index is 115. The van der Waals surface area contributed by atoms with Crippen molar-refractivity contribution in [2.24, 2.45) is 0 Å². The molecule has 0 radical (unpaired) electrons. The summed E-state index contributed by atoms with van der Waals surface area (Å²) in [5.74, 6) is 0. The summed E-state index contributed by atoms with van der Waals surface area (Å²) >= 11 is 0. The second kappa shape index (κ2) is 5.26. The summed E-state index contributed by atoms with van der Waals surface area (Å²) in [6.07, 6.45) is -8.43. The average Bonchev–Trinajstić information content (AvgIpc) is 1.96. The normalized spacial score (nSPS) is 14.8. The largest absolute Gasteiger partial charge is 0.445 e. The lowest BCUT2D eigenvalue weighted by Gasteiger charge is -2.12. The molecule has 0 aromatic heterocycles. The van der Waals surface area contributed by atoms with Crippen molar-refractivity contribution in [3.63, 3.8) is 0 Å². The molecule has 12 heavy (non-hydrogen) atoms. The van der Waals surface area contributed by atoms with Gasteiger partial charge in [-0.1, -0.05) is 0 Å². The zero-order valence-electron chi connectivity index (χ0n) is 5.90. The minimum absolute atomic E-state index is 0.412. The minimum Gasteiger partial charge on any atom is -0.353 e. The van der Waals surface area contributed by atoms with Crippen LogP contribution in [0.4, 0.5) is 22.0 Å². The van der Waals surface area contributed by atoms with Gasteiger partial charge in [-0.3, -0.25) is 0 Å². The molecule has 7 heteroatoms. The first-order valence-electron chi connectivity index (χ1n) is 2.94. The van der Waals surface area contributed by atoms with Crippen molar-refractivity contribution in [1.29, 1.82) is 0 Å². The van der Waals surface area contributed by atoms with Crippen LogP contribution in [0.3, 0.4) is 0 Å². The number of hydrogen-bond donors (Lipinski definition) is 0. The van der Waals surface area contributed by atoms with Gasteiger partial charge in [-0.05, 0) is 0 Å². The molecular formula is C5H7F5O2. The van der Waals surface area contributed by atoms with Crippen LogP contribution in [0.5, 0.6) is 0 Å². The molecule has 0 spiro atoms. The van der Waals surface area contributed by atoms with E-state index in [1.807, 2.05) is 0 Å². The summed E-state index contributed by atoms with van der Waals surface area (Å²) in [4.78, 5) is 0. The van der Waals surface area contributed by atoms with Crippen LogP contribution in [-0.2, 0) is 9.47 Å². The number of hydrogen-bond acceptors (Lipinski definition) is 2. The van der Waals surface area contributed by atoms with Gasteiger partial charge in [-0.25, -0.2) is 8.78 Å². The third-order valence-corrected chi connectivity index (χ3v) is 0.777. The number of ether oxygens (including phenoxy) is 2. The molecule has 2 nitrogen and oxygen atoms in total. The zero-order chi connectivity index (χ0) is 9.61. The maximum absolute atomic E-state index is 11.8. The fourth-order valence-corrected chi connectivity index (χ4v) is 0.316. The molecule has 1 unspecified atom stereocenters. The van der Waals surface area contributed by atoms with E-state index in [-0.39, 0.29) is 0 Å². The molecule has 1 atom stereocenters. The van der Waals surface area contributed by atoms with Gasteiger partial charge in [0.2, 0.25) is 0 Å². The van der Waals surface area contributed by atoms with Crippen molar-refractivity contribution in [2.45, 2.75) is 12.5 Å². The topological polar surface area (TPSA) is 18.5 Å². The van der Waals surface area contributed by atoms with Gasteiger partial charge < -0.3 is 9.47 Å². The quantitative estimate of drug-likeness (QED) is 0.377. The average molecular weight is 194 g/mol. The van der Waals surface area contributed by atoms with E-state index in [0.29, 0.717) is 0 Å². The minimum atomic E-state index is -5.06. The molecule has 0 rings (SSSR count). The Balaban J connectivity index is 3.38. The first-order chi connectivity index (χ1) is 5.48. The van der Waals surface area contributed by atoms with Crippen molar-refractivity contribution in [2.75, 3.05) is 20.1 Å². The van der Waals surface area contributed by atoms with E-state index in [9.17, 15) is 22.0 Å². The van der Waals surface area contributed by atoms with E-state index in [0.717, 1.165) is 0 Å². The molecule has 0 aromatic rings. The van der Waals surface area contributed by atoms with Crippen LogP contribution in [0.2, 0.25) is 0 Å². The first-order valence-corrected chi connectivity index (χ1v) is 2.94. The molecule has 0 heterocycles. The third-order valence-electron chi connectivity index (χ3n) is 0.777. The lowest BCUT2D eigenvalue weighted by molar-refractivity contribution is -0.284. The smallest absolute Gasteiger partial charge is 0.353 e. The predicted octanol–water partition coefficient (Wildman–Crippen LogP) is 1.80. The Morgan fingerprint density at radius 3 is 2.25 bits per heavy atom. The van der Waals surface area contributed by atoms with Crippen molar-refractivity contribution in [1.82, 2.24) is 0 Å². The molecule has 0 aliphatic carbocycles. The molecule has 0 saturated heterocycles. The van der Waals surface area contributed by atoms with Gasteiger partial charge in [0.1, 0.15) is 6.67 Å². The Morgan fingerprint density at radius 1 is 1.25 bits per heavy atom. The Hall–Kier alpha value is -0.430. The van der Waals surface area contributed by atoms with Gasteiger partial charge in [0.05, 0.1) is 6.61 Å². The molecule has 0 N–H and O–H groups in total. The van der Waals surface area contributed by atoms with Gasteiger partial charge >= 0.3 is 6.18 Å². The summed E-state index contributed by atoms with van der Waals surface area (Å²) in [7, 11) is 0. The summed E-state index contributed by atoms with van der Waals surface area (Å²) < 4.78 is 64.7. The standard InChI is InChI=1S/C5H7F5O2/c6-1-2-11-3-12-4(7)5(8,9)10/h4H,1-3H2. The second-order valence-corrected chi connectivity index (χ2v) is 1.74. The molecule has 0 bridgehead atoms. The van der Waals surface area contributed by atoms with E-state index in [2.05, 4.69) is 9.47 Å². The molecular weight excluding hydrogens is 187 g/mol. The Labute approximate surface area is 65.3 Å². The maximum atomic E-state index is 11.8. The van der Waals surface area contributed by atoms with E-state index < -0.39 is 32.6 Å². The van der Waals surface area contributed by atoms with Crippen LogP contribution >= 0.6 is 0 Å². The molecule has 0 fully saturated rings. The number of rotatable bonds is 5. The lowest BCUT2D eigenvalue weighted by Crippen LogP contribution is -2.28. The lowest BCUT2D eigenvalue weighted by atomic mass is 10.7. The zero-order valence-corrected chi connectivity index (χ0v) is 5.90. The van der Waals surface area contributed by atoms with Crippen molar-refractivity contribution < 1.29 is 31.4 Å². The van der Waals surface area contributed by atoms with E-state index in [1.165, 1.54) is 0 Å². The highest BCUT2D eigenvalue weighted by atomic mass is 19.4. The monoisotopic (exact) mass is 194 g/mol. The van der Waals surface area contributed by atoms with E-state index in [4.69, 9.17) is 0 Å². The Kier molecular flexibility index (Phi) is 5.07. The summed E-state index contributed by atoms with van der Waals surface area (Å²) in [5.41, 5.74) is 0. The van der Waals surface area contributed by atoms with Crippen molar-refractivity contribution >= 4 is 0 Å². The predicted molar refractivity (Wildman–Crippen MR) is 28.8 cm³/mol. The highest BCUT2D eigenvalue weighted by Crippen LogP contribution is 2.23. The van der Waals surface area contributed by atoms with Gasteiger partial charge in [0.15, 0.2) is 6.79 Å². The summed E-state index contributed by atoms with van der Waals surface area (Å²) in [6, 6.07) is 0. The van der Waals surface area contributed by atoms with Crippen LogP contribution in [0.1, 0.15) is 0 Å². The van der Waals surface area contributed by atoms with Crippen LogP contribution in [0, 0.1) is 0 Å². The van der Waals surface area contributed by atoms with Crippen molar-refractivity contribution in [3.8, 4) is 0 Å².